The van der Waals surface area contributed by atoms with Crippen molar-refractivity contribution in [2.45, 2.75) is 6.92 Å². The molecule has 0 aromatic carbocycles. The molecule has 48 valence electrons. The molecule has 0 atom stereocenters. The quantitative estimate of drug-likeness (QED) is 0.267. The van der Waals surface area contributed by atoms with Crippen LogP contribution in [0.5, 0.6) is 0 Å². The van der Waals surface area contributed by atoms with Crippen molar-refractivity contribution >= 4 is 11.7 Å². The maximum Gasteiger partial charge on any atom is 0.353 e. The van der Waals surface area contributed by atoms with E-state index >= 15 is 0 Å². The third-order valence-corrected chi connectivity index (χ3v) is 0.460. The molecule has 0 bridgehead atoms. The van der Waals surface area contributed by atoms with Crippen molar-refractivity contribution in [2.24, 2.45) is 5.16 Å². The van der Waals surface area contributed by atoms with Crippen LogP contribution in [0.2, 0.25) is 0 Å². The highest BCUT2D eigenvalue weighted by molar-refractivity contribution is 6.34. The summed E-state index contributed by atoms with van der Waals surface area (Å²) in [7, 11) is 0. The molecule has 0 amide bonds. The second-order valence-electron chi connectivity index (χ2n) is 0.991. The first-order valence-electron chi connectivity index (χ1n) is 1.60. The topological polar surface area (TPSA) is 101 Å². The summed E-state index contributed by atoms with van der Waals surface area (Å²) in [5, 5.41) is 18.0. The van der Waals surface area contributed by atoms with Gasteiger partial charge in [0.2, 0.25) is 0 Å². The number of hydrogen-bond acceptors (Lipinski definition) is 3. The van der Waals surface area contributed by atoms with Gasteiger partial charge in [0.15, 0.2) is 5.71 Å². The number of nitrogens with zero attached hydrogens (tertiary/aromatic N) is 1. The molecule has 0 aliphatic carbocycles. The van der Waals surface area contributed by atoms with Crippen LogP contribution in [0.3, 0.4) is 0 Å². The Balaban J connectivity index is 0. The third kappa shape index (κ3) is 3.10. The van der Waals surface area contributed by atoms with E-state index in [4.69, 9.17) is 10.3 Å². The average Bonchev–Trinajstić information content (AvgIpc) is 1.65. The molecule has 0 aromatic rings. The van der Waals surface area contributed by atoms with Gasteiger partial charge in [-0.2, -0.15) is 0 Å². The van der Waals surface area contributed by atoms with Gasteiger partial charge in [0.1, 0.15) is 0 Å². The maximum atomic E-state index is 9.64. The van der Waals surface area contributed by atoms with Crippen molar-refractivity contribution in [3.05, 3.63) is 0 Å². The zero-order valence-corrected chi connectivity index (χ0v) is 4.25. The predicted octanol–water partition coefficient (Wildman–Crippen LogP) is -0.904. The first kappa shape index (κ1) is 10.0. The van der Waals surface area contributed by atoms with Gasteiger partial charge >= 0.3 is 5.97 Å². The van der Waals surface area contributed by atoms with Crippen LogP contribution in [0.4, 0.5) is 0 Å². The van der Waals surface area contributed by atoms with Crippen molar-refractivity contribution < 1.29 is 20.6 Å². The van der Waals surface area contributed by atoms with Gasteiger partial charge in [0, 0.05) is 0 Å². The molecule has 0 rings (SSSR count). The lowest BCUT2D eigenvalue weighted by Crippen LogP contribution is -2.06. The van der Waals surface area contributed by atoms with E-state index in [0.717, 1.165) is 0 Å². The van der Waals surface area contributed by atoms with E-state index in [1.165, 1.54) is 6.92 Å². The van der Waals surface area contributed by atoms with Crippen LogP contribution in [-0.2, 0) is 4.79 Å². The zero-order chi connectivity index (χ0) is 5.86. The van der Waals surface area contributed by atoms with Crippen LogP contribution < -0.4 is 0 Å². The molecule has 0 heterocycles. The normalized spacial score (nSPS) is 9.88. The molecule has 4 N–H and O–H groups in total. The Bertz CT molecular complexity index is 108. The fourth-order valence-electron chi connectivity index (χ4n) is 0.0428. The number of hydrogen-bond donors (Lipinski definition) is 2. The lowest BCUT2D eigenvalue weighted by atomic mass is 10.4. The second-order valence-corrected chi connectivity index (χ2v) is 0.991. The van der Waals surface area contributed by atoms with E-state index in [1.54, 1.807) is 0 Å². The molecule has 0 saturated carbocycles. The fourth-order valence-corrected chi connectivity index (χ4v) is 0.0428. The fraction of sp³-hybridized carbons (Fsp3) is 0.333. The summed E-state index contributed by atoms with van der Waals surface area (Å²) in [5.41, 5.74) is -0.306. The molecule has 0 fully saturated rings. The molecular formula is C3H7NO4. The van der Waals surface area contributed by atoms with Gasteiger partial charge in [-0.15, -0.1) is 0 Å². The van der Waals surface area contributed by atoms with E-state index in [-0.39, 0.29) is 11.2 Å². The maximum absolute atomic E-state index is 9.64. The van der Waals surface area contributed by atoms with Crippen molar-refractivity contribution in [3.8, 4) is 0 Å². The van der Waals surface area contributed by atoms with Crippen molar-refractivity contribution in [2.75, 3.05) is 0 Å². The molecule has 5 heteroatoms. The average molecular weight is 121 g/mol. The lowest BCUT2D eigenvalue weighted by Gasteiger charge is -1.81. The minimum absolute atomic E-state index is 0. The molecule has 0 aliphatic rings. The zero-order valence-electron chi connectivity index (χ0n) is 4.25. The Morgan fingerprint density at radius 3 is 2.00 bits per heavy atom. The van der Waals surface area contributed by atoms with E-state index in [0.29, 0.717) is 0 Å². The minimum atomic E-state index is -1.21. The number of carboxylic acids is 1. The Labute approximate surface area is 45.5 Å². The number of rotatable bonds is 1. The minimum Gasteiger partial charge on any atom is -0.477 e. The summed E-state index contributed by atoms with van der Waals surface area (Å²) in [6, 6.07) is 0. The van der Waals surface area contributed by atoms with Gasteiger partial charge in [-0.05, 0) is 6.92 Å². The predicted molar refractivity (Wildman–Crippen MR) is 26.1 cm³/mol. The molecule has 0 saturated heterocycles. The molecule has 0 aliphatic heterocycles. The van der Waals surface area contributed by atoms with Crippen LogP contribution in [0, 0.1) is 0 Å². The molecule has 5 nitrogen and oxygen atoms in total. The Kier molecular flexibility index (Phi) is 5.09. The highest BCUT2D eigenvalue weighted by Gasteiger charge is 1.98. The van der Waals surface area contributed by atoms with Crippen LogP contribution in [0.25, 0.3) is 0 Å². The van der Waals surface area contributed by atoms with Crippen LogP contribution in [0.15, 0.2) is 5.16 Å². The van der Waals surface area contributed by atoms with Gasteiger partial charge in [0.05, 0.1) is 0 Å². The van der Waals surface area contributed by atoms with E-state index < -0.39 is 5.97 Å². The third-order valence-electron chi connectivity index (χ3n) is 0.460. The Morgan fingerprint density at radius 1 is 1.62 bits per heavy atom. The molecule has 0 aromatic heterocycles. The van der Waals surface area contributed by atoms with Gasteiger partial charge in [-0.3, -0.25) is 0 Å². The summed E-state index contributed by atoms with van der Waals surface area (Å²) < 4.78 is 0. The monoisotopic (exact) mass is 121 g/mol. The van der Waals surface area contributed by atoms with Gasteiger partial charge in [-0.1, -0.05) is 5.16 Å². The molecule has 0 spiro atoms. The lowest BCUT2D eigenvalue weighted by molar-refractivity contribution is -0.129. The Morgan fingerprint density at radius 2 is 2.00 bits per heavy atom. The summed E-state index contributed by atoms with van der Waals surface area (Å²) in [4.78, 5) is 9.64. The van der Waals surface area contributed by atoms with E-state index in [1.807, 2.05) is 0 Å². The highest BCUT2D eigenvalue weighted by atomic mass is 16.4. The molecule has 0 unspecified atom stereocenters. The Hall–Kier alpha value is -1.10. The van der Waals surface area contributed by atoms with Crippen molar-refractivity contribution in [1.82, 2.24) is 0 Å². The van der Waals surface area contributed by atoms with Crippen molar-refractivity contribution in [1.29, 1.82) is 0 Å². The van der Waals surface area contributed by atoms with Gasteiger partial charge in [0.25, 0.3) is 0 Å². The largest absolute Gasteiger partial charge is 0.477 e. The van der Waals surface area contributed by atoms with Crippen LogP contribution >= 0.6 is 0 Å². The summed E-state index contributed by atoms with van der Waals surface area (Å²) >= 11 is 0. The van der Waals surface area contributed by atoms with Crippen LogP contribution in [0.1, 0.15) is 6.92 Å². The number of carboxylic acid groups (broad SMARTS) is 1. The second kappa shape index (κ2) is 4.07. The van der Waals surface area contributed by atoms with E-state index in [9.17, 15) is 4.79 Å². The first-order valence-corrected chi connectivity index (χ1v) is 1.60. The van der Waals surface area contributed by atoms with Gasteiger partial charge in [-0.25, -0.2) is 4.79 Å². The number of carbonyl (C=O) groups is 1. The van der Waals surface area contributed by atoms with Crippen molar-refractivity contribution in [3.63, 3.8) is 0 Å². The summed E-state index contributed by atoms with van der Waals surface area (Å²) in [6.07, 6.45) is 0. The standard InChI is InChI=1S/C3H5NO3.H2O/c1-2(4-7)3(5)6;/h7H,1H3,(H,5,6);1H2. The van der Waals surface area contributed by atoms with Crippen LogP contribution in [-0.4, -0.2) is 27.5 Å². The number of oxime groups is 1. The molecular weight excluding hydrogens is 114 g/mol. The smallest absolute Gasteiger partial charge is 0.353 e. The number of aliphatic carboxylic acids is 1. The summed E-state index contributed by atoms with van der Waals surface area (Å²) in [5.74, 6) is -1.21. The molecule has 8 heavy (non-hydrogen) atoms. The SMILES string of the molecule is CC(=NO)C(=O)O.O. The first-order chi connectivity index (χ1) is 3.18. The van der Waals surface area contributed by atoms with E-state index in [2.05, 4.69) is 5.16 Å². The summed E-state index contributed by atoms with van der Waals surface area (Å²) in [6.45, 7) is 1.20. The highest BCUT2D eigenvalue weighted by Crippen LogP contribution is 1.70. The molecule has 0 radical (unpaired) electrons. The van der Waals surface area contributed by atoms with Gasteiger partial charge < -0.3 is 15.8 Å².